The van der Waals surface area contributed by atoms with Gasteiger partial charge in [0.15, 0.2) is 5.76 Å². The van der Waals surface area contributed by atoms with Crippen LogP contribution in [0, 0.1) is 0 Å². The largest absolute Gasteiger partial charge is 0.465 e. The van der Waals surface area contributed by atoms with Gasteiger partial charge in [0.05, 0.1) is 12.9 Å². The maximum absolute atomic E-state index is 12.8. The Hall–Kier alpha value is -3.62. The minimum atomic E-state index is -0.807. The summed E-state index contributed by atoms with van der Waals surface area (Å²) in [6.45, 7) is 1.19. The number of hydrogen-bond acceptors (Lipinski definition) is 7. The molecule has 0 bridgehead atoms. The van der Waals surface area contributed by atoms with Crippen LogP contribution < -0.4 is 10.7 Å². The number of aromatic nitrogens is 2. The molecule has 0 spiro atoms. The van der Waals surface area contributed by atoms with E-state index in [0.717, 1.165) is 4.68 Å². The zero-order chi connectivity index (χ0) is 19.2. The molecule has 9 heteroatoms. The van der Waals surface area contributed by atoms with Crippen LogP contribution in [0.25, 0.3) is 11.7 Å². The first-order chi connectivity index (χ1) is 13.1. The Morgan fingerprint density at radius 3 is 2.63 bits per heavy atom. The molecule has 0 atom stereocenters. The summed E-state index contributed by atoms with van der Waals surface area (Å²) in [6.07, 6.45) is 1.41. The third-order valence-corrected chi connectivity index (χ3v) is 3.58. The van der Waals surface area contributed by atoms with Crippen LogP contribution in [0.2, 0.25) is 0 Å². The number of furan rings is 1. The van der Waals surface area contributed by atoms with E-state index >= 15 is 0 Å². The van der Waals surface area contributed by atoms with Gasteiger partial charge in [0, 0.05) is 5.69 Å². The number of esters is 1. The summed E-state index contributed by atoms with van der Waals surface area (Å²) in [4.78, 5) is 37.8. The van der Waals surface area contributed by atoms with Crippen LogP contribution >= 0.6 is 0 Å². The Bertz CT molecular complexity index is 959. The second-order valence-electron chi connectivity index (χ2n) is 5.43. The molecule has 0 N–H and O–H groups in total. The lowest BCUT2D eigenvalue weighted by molar-refractivity contribution is -0.142. The monoisotopic (exact) mass is 371 g/mol. The molecular weight excluding hydrogens is 354 g/mol. The van der Waals surface area contributed by atoms with Crippen LogP contribution in [0.3, 0.4) is 0 Å². The molecule has 0 aliphatic rings. The van der Waals surface area contributed by atoms with E-state index in [9.17, 15) is 14.4 Å². The van der Waals surface area contributed by atoms with Crippen molar-refractivity contribution in [2.24, 2.45) is 0 Å². The maximum Gasteiger partial charge on any atom is 0.437 e. The van der Waals surface area contributed by atoms with Crippen LogP contribution in [0.4, 0.5) is 5.69 Å². The van der Waals surface area contributed by atoms with E-state index in [2.05, 4.69) is 5.10 Å². The summed E-state index contributed by atoms with van der Waals surface area (Å²) in [5.74, 6) is -1.65. The fourth-order valence-corrected chi connectivity index (χ4v) is 2.39. The molecule has 140 valence electrons. The van der Waals surface area contributed by atoms with Crippen LogP contribution in [-0.2, 0) is 20.9 Å². The van der Waals surface area contributed by atoms with Crippen LogP contribution in [0.1, 0.15) is 6.92 Å². The van der Waals surface area contributed by atoms with Crippen molar-refractivity contribution in [3.05, 3.63) is 59.3 Å². The highest BCUT2D eigenvalue weighted by molar-refractivity contribution is 5.97. The molecule has 0 unspecified atom stereocenters. The SMILES string of the molecule is CCOC(=O)CN(C(=O)Cn1nc(-c2ccco2)oc1=O)c1ccccc1. The fourth-order valence-electron chi connectivity index (χ4n) is 2.39. The number of carbonyl (C=O) groups excluding carboxylic acids is 2. The molecule has 0 radical (unpaired) electrons. The first kappa shape index (κ1) is 18.2. The number of anilines is 1. The van der Waals surface area contributed by atoms with Crippen molar-refractivity contribution < 1.29 is 23.2 Å². The zero-order valence-electron chi connectivity index (χ0n) is 14.5. The number of amides is 1. The predicted molar refractivity (Wildman–Crippen MR) is 93.9 cm³/mol. The summed E-state index contributed by atoms with van der Waals surface area (Å²) >= 11 is 0. The third kappa shape index (κ3) is 4.32. The van der Waals surface area contributed by atoms with Gasteiger partial charge in [-0.2, -0.15) is 4.68 Å². The second kappa shape index (κ2) is 8.17. The highest BCUT2D eigenvalue weighted by Gasteiger charge is 2.22. The van der Waals surface area contributed by atoms with Crippen molar-refractivity contribution in [3.63, 3.8) is 0 Å². The first-order valence-corrected chi connectivity index (χ1v) is 8.21. The number of para-hydroxylation sites is 1. The van der Waals surface area contributed by atoms with Gasteiger partial charge in [-0.1, -0.05) is 18.2 Å². The number of benzene rings is 1. The van der Waals surface area contributed by atoms with E-state index in [1.54, 1.807) is 49.4 Å². The highest BCUT2D eigenvalue weighted by Crippen LogP contribution is 2.16. The van der Waals surface area contributed by atoms with E-state index in [4.69, 9.17) is 13.6 Å². The standard InChI is InChI=1S/C18H17N3O6/c1-2-25-16(23)12-20(13-7-4-3-5-8-13)15(22)11-21-18(24)27-17(19-21)14-9-6-10-26-14/h3-10H,2,11-12H2,1H3. The summed E-state index contributed by atoms with van der Waals surface area (Å²) in [6, 6.07) is 11.8. The Labute approximate surface area is 153 Å². The lowest BCUT2D eigenvalue weighted by Crippen LogP contribution is -2.40. The third-order valence-electron chi connectivity index (χ3n) is 3.58. The van der Waals surface area contributed by atoms with E-state index in [1.165, 1.54) is 11.2 Å². The summed E-state index contributed by atoms with van der Waals surface area (Å²) < 4.78 is 15.9. The van der Waals surface area contributed by atoms with Gasteiger partial charge in [-0.05, 0) is 31.2 Å². The molecule has 1 amide bonds. The quantitative estimate of drug-likeness (QED) is 0.582. The van der Waals surface area contributed by atoms with Crippen LogP contribution in [-0.4, -0.2) is 34.8 Å². The number of ether oxygens (including phenoxy) is 1. The summed E-state index contributed by atoms with van der Waals surface area (Å²) in [5.41, 5.74) is 0.498. The average molecular weight is 371 g/mol. The Balaban J connectivity index is 1.82. The van der Waals surface area contributed by atoms with Gasteiger partial charge >= 0.3 is 11.7 Å². The van der Waals surface area contributed by atoms with Crippen LogP contribution in [0.5, 0.6) is 0 Å². The van der Waals surface area contributed by atoms with Gasteiger partial charge < -0.3 is 13.6 Å². The normalized spacial score (nSPS) is 10.6. The molecular formula is C18H17N3O6. The summed E-state index contributed by atoms with van der Waals surface area (Å²) in [5, 5.41) is 3.96. The summed E-state index contributed by atoms with van der Waals surface area (Å²) in [7, 11) is 0. The van der Waals surface area contributed by atoms with Crippen LogP contribution in [0.15, 0.2) is 62.4 Å². The molecule has 27 heavy (non-hydrogen) atoms. The van der Waals surface area contributed by atoms with Crippen molar-refractivity contribution in [2.75, 3.05) is 18.1 Å². The highest BCUT2D eigenvalue weighted by atomic mass is 16.5. The van der Waals surface area contributed by atoms with Crippen molar-refractivity contribution >= 4 is 17.6 Å². The minimum absolute atomic E-state index is 0.0329. The molecule has 0 fully saturated rings. The fraction of sp³-hybridized carbons (Fsp3) is 0.222. The molecule has 3 rings (SSSR count). The van der Waals surface area contributed by atoms with E-state index < -0.39 is 24.2 Å². The van der Waals surface area contributed by atoms with E-state index in [0.29, 0.717) is 5.69 Å². The van der Waals surface area contributed by atoms with Gasteiger partial charge in [0.25, 0.3) is 5.89 Å². The van der Waals surface area contributed by atoms with Gasteiger partial charge in [0.1, 0.15) is 13.1 Å². The molecule has 0 aliphatic carbocycles. The number of nitrogens with zero attached hydrogens (tertiary/aromatic N) is 3. The molecule has 3 aromatic rings. The van der Waals surface area contributed by atoms with E-state index in [-0.39, 0.29) is 24.8 Å². The molecule has 0 saturated heterocycles. The van der Waals surface area contributed by atoms with Crippen molar-refractivity contribution in [3.8, 4) is 11.7 Å². The predicted octanol–water partition coefficient (Wildman–Crippen LogP) is 1.69. The number of carbonyl (C=O) groups is 2. The lowest BCUT2D eigenvalue weighted by Gasteiger charge is -2.21. The minimum Gasteiger partial charge on any atom is -0.465 e. The van der Waals surface area contributed by atoms with Crippen molar-refractivity contribution in [2.45, 2.75) is 13.5 Å². The molecule has 2 heterocycles. The average Bonchev–Trinajstić information content (AvgIpc) is 3.31. The Kier molecular flexibility index (Phi) is 5.50. The molecule has 1 aromatic carbocycles. The Morgan fingerprint density at radius 1 is 1.19 bits per heavy atom. The Morgan fingerprint density at radius 2 is 1.96 bits per heavy atom. The lowest BCUT2D eigenvalue weighted by atomic mass is 10.2. The van der Waals surface area contributed by atoms with Crippen molar-refractivity contribution in [1.29, 1.82) is 0 Å². The number of rotatable bonds is 7. The van der Waals surface area contributed by atoms with E-state index in [1.807, 2.05) is 0 Å². The van der Waals surface area contributed by atoms with Crippen molar-refractivity contribution in [1.82, 2.24) is 9.78 Å². The van der Waals surface area contributed by atoms with Gasteiger partial charge in [-0.3, -0.25) is 14.5 Å². The smallest absolute Gasteiger partial charge is 0.437 e. The molecule has 0 aliphatic heterocycles. The number of hydrogen-bond donors (Lipinski definition) is 0. The zero-order valence-corrected chi connectivity index (χ0v) is 14.5. The topological polar surface area (TPSA) is 108 Å². The first-order valence-electron chi connectivity index (χ1n) is 8.21. The second-order valence-corrected chi connectivity index (χ2v) is 5.43. The molecule has 0 saturated carbocycles. The van der Waals surface area contributed by atoms with Gasteiger partial charge in [-0.15, -0.1) is 5.10 Å². The molecule has 9 nitrogen and oxygen atoms in total. The maximum atomic E-state index is 12.8. The van der Waals surface area contributed by atoms with Gasteiger partial charge in [-0.25, -0.2) is 4.79 Å². The van der Waals surface area contributed by atoms with Gasteiger partial charge in [0.2, 0.25) is 5.91 Å². The molecule has 2 aromatic heterocycles.